The highest BCUT2D eigenvalue weighted by molar-refractivity contribution is 5.89. The summed E-state index contributed by atoms with van der Waals surface area (Å²) in [5, 5.41) is 0. The Balaban J connectivity index is 1.69. The van der Waals surface area contributed by atoms with Crippen molar-refractivity contribution >= 4 is 22.5 Å². The third kappa shape index (κ3) is 4.16. The Kier molecular flexibility index (Phi) is 6.09. The number of hydrogen-bond acceptors (Lipinski definition) is 5. The van der Waals surface area contributed by atoms with Gasteiger partial charge in [0.25, 0.3) is 11.4 Å². The lowest BCUT2D eigenvalue weighted by Gasteiger charge is -2.47. The number of hydrogen-bond donors (Lipinski definition) is 0. The molecular formula is C25H28FN5O2. The molecule has 2 aromatic heterocycles. The van der Waals surface area contributed by atoms with Gasteiger partial charge in [0.05, 0.1) is 18.3 Å². The Hall–Kier alpha value is -3.44. The van der Waals surface area contributed by atoms with Crippen LogP contribution in [0.25, 0.3) is 15.9 Å². The second-order valence-electron chi connectivity index (χ2n) is 8.72. The van der Waals surface area contributed by atoms with Crippen LogP contribution in [0, 0.1) is 12.4 Å². The summed E-state index contributed by atoms with van der Waals surface area (Å²) in [6.45, 7) is 15.0. The third-order valence-corrected chi connectivity index (χ3v) is 6.62. The van der Waals surface area contributed by atoms with Crippen LogP contribution in [-0.4, -0.2) is 46.7 Å². The summed E-state index contributed by atoms with van der Waals surface area (Å²) >= 11 is 0. The second-order valence-corrected chi connectivity index (χ2v) is 8.72. The van der Waals surface area contributed by atoms with Gasteiger partial charge in [0.15, 0.2) is 0 Å². The van der Waals surface area contributed by atoms with E-state index in [0.717, 1.165) is 17.8 Å². The van der Waals surface area contributed by atoms with E-state index in [9.17, 15) is 9.18 Å². The molecule has 0 radical (unpaired) electrons. The van der Waals surface area contributed by atoms with Crippen molar-refractivity contribution in [3.8, 4) is 5.75 Å². The molecule has 1 aliphatic rings. The summed E-state index contributed by atoms with van der Waals surface area (Å²) in [5.74, 6) is 0.490. The van der Waals surface area contributed by atoms with Crippen molar-refractivity contribution < 1.29 is 9.13 Å². The molecule has 172 valence electrons. The van der Waals surface area contributed by atoms with E-state index in [1.54, 1.807) is 35.9 Å². The standard InChI is InChI=1S/C25H28FN5O2/c1-15-14-31(22-12-24(32)29(5)21-7-8-23(27-4)28-25(21)22)16(2)13-30(15)17(3)18-9-19(26)11-20(10-18)33-6/h7-12,15-17H,13-14H2,1-3,5-6H3/t15-,16+,17?/m1/s1. The molecule has 0 spiro atoms. The van der Waals surface area contributed by atoms with Gasteiger partial charge in [0, 0.05) is 50.4 Å². The van der Waals surface area contributed by atoms with Gasteiger partial charge in [-0.2, -0.15) is 0 Å². The lowest BCUT2D eigenvalue weighted by molar-refractivity contribution is 0.119. The fourth-order valence-electron chi connectivity index (χ4n) is 4.75. The average Bonchev–Trinajstić information content (AvgIpc) is 2.81. The topological polar surface area (TPSA) is 55.0 Å². The van der Waals surface area contributed by atoms with Gasteiger partial charge in [-0.1, -0.05) is 6.57 Å². The third-order valence-electron chi connectivity index (χ3n) is 6.62. The highest BCUT2D eigenvalue weighted by atomic mass is 19.1. The minimum Gasteiger partial charge on any atom is -0.497 e. The Morgan fingerprint density at radius 2 is 1.94 bits per heavy atom. The number of aryl methyl sites for hydroxylation is 1. The molecule has 1 unspecified atom stereocenters. The van der Waals surface area contributed by atoms with Crippen LogP contribution in [0.2, 0.25) is 0 Å². The van der Waals surface area contributed by atoms with E-state index in [4.69, 9.17) is 11.3 Å². The number of aromatic nitrogens is 2. The predicted molar refractivity (Wildman–Crippen MR) is 128 cm³/mol. The molecule has 0 amide bonds. The molecule has 0 aliphatic carbocycles. The zero-order valence-corrected chi connectivity index (χ0v) is 19.5. The summed E-state index contributed by atoms with van der Waals surface area (Å²) in [5.41, 5.74) is 2.85. The zero-order valence-electron chi connectivity index (χ0n) is 19.5. The van der Waals surface area contributed by atoms with Crippen LogP contribution in [0.5, 0.6) is 5.75 Å². The van der Waals surface area contributed by atoms with Crippen LogP contribution in [0.3, 0.4) is 0 Å². The molecule has 33 heavy (non-hydrogen) atoms. The van der Waals surface area contributed by atoms with Crippen molar-refractivity contribution in [2.45, 2.75) is 38.9 Å². The number of benzene rings is 1. The van der Waals surface area contributed by atoms with Gasteiger partial charge in [-0.05, 0) is 50.6 Å². The molecule has 0 saturated carbocycles. The van der Waals surface area contributed by atoms with Gasteiger partial charge in [-0.15, -0.1) is 4.98 Å². The van der Waals surface area contributed by atoms with Crippen LogP contribution in [-0.2, 0) is 7.05 Å². The second kappa shape index (κ2) is 8.83. The maximum Gasteiger partial charge on any atom is 0.270 e. The Morgan fingerprint density at radius 3 is 2.64 bits per heavy atom. The lowest BCUT2D eigenvalue weighted by Crippen LogP contribution is -2.57. The highest BCUT2D eigenvalue weighted by Crippen LogP contribution is 2.34. The fraction of sp³-hybridized carbons (Fsp3) is 0.400. The summed E-state index contributed by atoms with van der Waals surface area (Å²) in [6, 6.07) is 10.0. The van der Waals surface area contributed by atoms with E-state index in [1.807, 2.05) is 6.07 Å². The molecule has 3 aromatic rings. The summed E-state index contributed by atoms with van der Waals surface area (Å²) in [4.78, 5) is 25.2. The zero-order chi connectivity index (χ0) is 23.9. The minimum absolute atomic E-state index is 0.0126. The van der Waals surface area contributed by atoms with Crippen LogP contribution in [0.15, 0.2) is 41.2 Å². The van der Waals surface area contributed by atoms with Crippen LogP contribution >= 0.6 is 0 Å². The first kappa shape index (κ1) is 22.7. The fourth-order valence-corrected chi connectivity index (χ4v) is 4.75. The smallest absolute Gasteiger partial charge is 0.270 e. The molecule has 1 aliphatic heterocycles. The number of pyridine rings is 2. The lowest BCUT2D eigenvalue weighted by atomic mass is 10.00. The summed E-state index contributed by atoms with van der Waals surface area (Å²) < 4.78 is 20.9. The first-order valence-corrected chi connectivity index (χ1v) is 11.0. The number of anilines is 1. The molecule has 4 rings (SSSR count). The Morgan fingerprint density at radius 1 is 1.18 bits per heavy atom. The number of nitrogens with zero attached hydrogens (tertiary/aromatic N) is 5. The molecule has 1 saturated heterocycles. The number of ether oxygens (including phenoxy) is 1. The number of methoxy groups -OCH3 is 1. The minimum atomic E-state index is -0.316. The summed E-state index contributed by atoms with van der Waals surface area (Å²) in [7, 11) is 3.25. The van der Waals surface area contributed by atoms with Gasteiger partial charge in [0.2, 0.25) is 5.52 Å². The van der Waals surface area contributed by atoms with E-state index in [-0.39, 0.29) is 29.5 Å². The largest absolute Gasteiger partial charge is 0.497 e. The molecule has 8 heteroatoms. The predicted octanol–water partition coefficient (Wildman–Crippen LogP) is 4.29. The Bertz CT molecular complexity index is 1300. The molecule has 1 aromatic carbocycles. The first-order chi connectivity index (χ1) is 15.7. The number of fused-ring (bicyclic) bond motifs is 1. The van der Waals surface area contributed by atoms with Gasteiger partial charge in [-0.25, -0.2) is 4.39 Å². The van der Waals surface area contributed by atoms with E-state index in [1.165, 1.54) is 13.2 Å². The molecule has 0 N–H and O–H groups in total. The van der Waals surface area contributed by atoms with Crippen molar-refractivity contribution in [2.24, 2.45) is 7.05 Å². The number of piperazine rings is 1. The average molecular weight is 450 g/mol. The van der Waals surface area contributed by atoms with Crippen molar-refractivity contribution in [2.75, 3.05) is 25.1 Å². The van der Waals surface area contributed by atoms with Crippen molar-refractivity contribution in [3.63, 3.8) is 0 Å². The monoisotopic (exact) mass is 449 g/mol. The maximum absolute atomic E-state index is 14.1. The van der Waals surface area contributed by atoms with E-state index in [2.05, 4.69) is 40.4 Å². The highest BCUT2D eigenvalue weighted by Gasteiger charge is 2.34. The molecule has 1 fully saturated rings. The van der Waals surface area contributed by atoms with Crippen molar-refractivity contribution in [3.05, 3.63) is 69.5 Å². The molecular weight excluding hydrogens is 421 g/mol. The van der Waals surface area contributed by atoms with Crippen LogP contribution in [0.1, 0.15) is 32.4 Å². The molecule has 0 bridgehead atoms. The van der Waals surface area contributed by atoms with Crippen molar-refractivity contribution in [1.82, 2.24) is 14.5 Å². The maximum atomic E-state index is 14.1. The van der Waals surface area contributed by atoms with E-state index >= 15 is 0 Å². The normalized spacial score (nSPS) is 20.0. The van der Waals surface area contributed by atoms with Gasteiger partial charge < -0.3 is 19.0 Å². The van der Waals surface area contributed by atoms with Crippen LogP contribution in [0.4, 0.5) is 15.9 Å². The molecule has 7 nitrogen and oxygen atoms in total. The first-order valence-electron chi connectivity index (χ1n) is 11.0. The Labute approximate surface area is 192 Å². The number of rotatable bonds is 4. The number of halogens is 1. The van der Waals surface area contributed by atoms with Gasteiger partial charge in [-0.3, -0.25) is 9.69 Å². The SMILES string of the molecule is [C-]#[N+]c1ccc2c(n1)c(N1C[C@@H](C)N(C(C)c3cc(F)cc(OC)c3)C[C@@H]1C)cc(=O)n2C. The quantitative estimate of drug-likeness (QED) is 0.556. The van der Waals surface area contributed by atoms with Crippen molar-refractivity contribution in [1.29, 1.82) is 0 Å². The van der Waals surface area contributed by atoms with Gasteiger partial charge >= 0.3 is 0 Å². The van der Waals surface area contributed by atoms with Gasteiger partial charge in [0.1, 0.15) is 11.6 Å². The molecule has 3 heterocycles. The van der Waals surface area contributed by atoms with E-state index < -0.39 is 0 Å². The van der Waals surface area contributed by atoms with Crippen LogP contribution < -0.4 is 15.2 Å². The van der Waals surface area contributed by atoms with E-state index in [0.29, 0.717) is 29.1 Å². The summed E-state index contributed by atoms with van der Waals surface area (Å²) in [6.07, 6.45) is 0. The molecule has 3 atom stereocenters.